The highest BCUT2D eigenvalue weighted by molar-refractivity contribution is 7.81. The van der Waals surface area contributed by atoms with Crippen molar-refractivity contribution in [2.45, 2.75) is 53.5 Å². The maximum Gasteiger partial charge on any atom is 0.229 e. The summed E-state index contributed by atoms with van der Waals surface area (Å²) in [5.74, 6) is -0.179. The predicted octanol–water partition coefficient (Wildman–Crippen LogP) is 5.70. The lowest BCUT2D eigenvalue weighted by Crippen LogP contribution is -2.31. The Morgan fingerprint density at radius 1 is 1.22 bits per heavy atom. The summed E-state index contributed by atoms with van der Waals surface area (Å²) in [6.07, 6.45) is 4.97. The van der Waals surface area contributed by atoms with E-state index in [1.807, 2.05) is 12.3 Å². The highest BCUT2D eigenvalue weighted by Crippen LogP contribution is 2.38. The fourth-order valence-electron chi connectivity index (χ4n) is 3.87. The van der Waals surface area contributed by atoms with E-state index >= 15 is 0 Å². The molecule has 1 N–H and O–H groups in total. The van der Waals surface area contributed by atoms with Crippen LogP contribution in [0.2, 0.25) is 5.02 Å². The lowest BCUT2D eigenvalue weighted by atomic mass is 9.72. The summed E-state index contributed by atoms with van der Waals surface area (Å²) in [7, 11) is 0. The van der Waals surface area contributed by atoms with E-state index in [4.69, 9.17) is 11.6 Å². The van der Waals surface area contributed by atoms with Gasteiger partial charge < -0.3 is 9.88 Å². The Kier molecular flexibility index (Phi) is 7.26. The molecule has 0 saturated heterocycles. The van der Waals surface area contributed by atoms with Crippen molar-refractivity contribution in [3.63, 3.8) is 0 Å². The topological polar surface area (TPSA) is 34.0 Å². The molecule has 3 nitrogen and oxygen atoms in total. The number of carbonyl (C=O) groups is 1. The van der Waals surface area contributed by atoms with Crippen LogP contribution in [-0.4, -0.2) is 22.8 Å². The molecule has 150 valence electrons. The van der Waals surface area contributed by atoms with Gasteiger partial charge in [0.2, 0.25) is 5.91 Å². The van der Waals surface area contributed by atoms with Crippen LogP contribution in [0.5, 0.6) is 0 Å². The number of hydrogen-bond acceptors (Lipinski definition) is 2. The number of nitrogens with one attached hydrogen (secondary N) is 1. The molecule has 0 saturated carbocycles. The Morgan fingerprint density at radius 2 is 1.89 bits per heavy atom. The van der Waals surface area contributed by atoms with Crippen molar-refractivity contribution in [1.29, 1.82) is 0 Å². The predicted molar refractivity (Wildman–Crippen MR) is 115 cm³/mol. The number of nitrogens with zero attached hydrogens (tertiary/aromatic N) is 1. The average molecular weight is 413 g/mol. The molecule has 1 amide bonds. The maximum absolute atomic E-state index is 13.6. The van der Waals surface area contributed by atoms with Crippen molar-refractivity contribution in [3.8, 4) is 0 Å². The minimum Gasteiger partial charge on any atom is -0.355 e. The Morgan fingerprint density at radius 3 is 2.56 bits per heavy atom. The van der Waals surface area contributed by atoms with Gasteiger partial charge in [-0.25, -0.2) is 4.39 Å². The first-order valence-electron chi connectivity index (χ1n) is 9.34. The molecule has 0 bridgehead atoms. The number of aryl methyl sites for hydroxylation is 1. The van der Waals surface area contributed by atoms with Crippen LogP contribution in [0.3, 0.4) is 0 Å². The van der Waals surface area contributed by atoms with Crippen LogP contribution in [0.25, 0.3) is 10.9 Å². The van der Waals surface area contributed by atoms with Crippen molar-refractivity contribution in [3.05, 3.63) is 35.2 Å². The van der Waals surface area contributed by atoms with Gasteiger partial charge >= 0.3 is 0 Å². The molecule has 0 aliphatic carbocycles. The summed E-state index contributed by atoms with van der Waals surface area (Å²) in [6.45, 7) is 10.6. The highest BCUT2D eigenvalue weighted by atomic mass is 35.5. The first-order valence-corrected chi connectivity index (χ1v) is 10.4. The van der Waals surface area contributed by atoms with E-state index in [2.05, 4.69) is 50.2 Å². The second kappa shape index (κ2) is 8.87. The van der Waals surface area contributed by atoms with Gasteiger partial charge in [-0.05, 0) is 48.3 Å². The van der Waals surface area contributed by atoms with Crippen LogP contribution in [0.4, 0.5) is 4.39 Å². The number of amides is 1. The molecule has 2 rings (SSSR count). The Labute approximate surface area is 172 Å². The Bertz CT molecular complexity index is 801. The van der Waals surface area contributed by atoms with Gasteiger partial charge in [0.05, 0.1) is 10.8 Å². The lowest BCUT2D eigenvalue weighted by Gasteiger charge is -2.35. The van der Waals surface area contributed by atoms with E-state index in [1.54, 1.807) is 6.07 Å². The number of carbonyl (C=O) groups excluding carboxylic acids is 1. The molecular weight excluding hydrogens is 383 g/mol. The SMILES string of the molecule is CC(C)(CCNC(=O)CS)CC(C)(C)CCn1ccc2cc(F)c(Cl)cc21. The van der Waals surface area contributed by atoms with E-state index in [-0.39, 0.29) is 33.3 Å². The molecule has 1 aromatic carbocycles. The largest absolute Gasteiger partial charge is 0.355 e. The van der Waals surface area contributed by atoms with E-state index in [0.717, 1.165) is 36.7 Å². The van der Waals surface area contributed by atoms with Crippen LogP contribution < -0.4 is 5.32 Å². The number of benzene rings is 1. The van der Waals surface area contributed by atoms with Crippen LogP contribution >= 0.6 is 24.2 Å². The van der Waals surface area contributed by atoms with Crippen LogP contribution in [0.1, 0.15) is 47.0 Å². The monoisotopic (exact) mass is 412 g/mol. The van der Waals surface area contributed by atoms with E-state index in [0.29, 0.717) is 6.54 Å². The van der Waals surface area contributed by atoms with Gasteiger partial charge in [0.15, 0.2) is 0 Å². The molecule has 0 unspecified atom stereocenters. The van der Waals surface area contributed by atoms with Crippen molar-refractivity contribution in [1.82, 2.24) is 9.88 Å². The normalized spacial score (nSPS) is 12.6. The average Bonchev–Trinajstić information content (AvgIpc) is 2.94. The summed E-state index contributed by atoms with van der Waals surface area (Å²) >= 11 is 9.93. The molecule has 0 atom stereocenters. The summed E-state index contributed by atoms with van der Waals surface area (Å²) < 4.78 is 15.8. The highest BCUT2D eigenvalue weighted by Gasteiger charge is 2.28. The van der Waals surface area contributed by atoms with Gasteiger partial charge in [-0.3, -0.25) is 4.79 Å². The first kappa shape index (κ1) is 22.1. The number of halogens is 2. The summed E-state index contributed by atoms with van der Waals surface area (Å²) in [5.41, 5.74) is 1.22. The number of rotatable bonds is 9. The van der Waals surface area contributed by atoms with Crippen molar-refractivity contribution >= 4 is 41.0 Å². The van der Waals surface area contributed by atoms with Gasteiger partial charge in [-0.15, -0.1) is 0 Å². The molecular formula is C21H30ClFN2OS. The van der Waals surface area contributed by atoms with Crippen LogP contribution in [0.15, 0.2) is 24.4 Å². The number of thiol groups is 1. The fraction of sp³-hybridized carbons (Fsp3) is 0.571. The van der Waals surface area contributed by atoms with Gasteiger partial charge in [0.1, 0.15) is 5.82 Å². The molecule has 0 spiro atoms. The molecule has 0 aliphatic rings. The molecule has 0 aliphatic heterocycles. The molecule has 1 heterocycles. The zero-order chi connectivity index (χ0) is 20.2. The van der Waals surface area contributed by atoms with E-state index < -0.39 is 0 Å². The third-order valence-corrected chi connectivity index (χ3v) is 5.64. The van der Waals surface area contributed by atoms with Crippen LogP contribution in [-0.2, 0) is 11.3 Å². The third-order valence-electron chi connectivity index (χ3n) is 5.07. The molecule has 0 fully saturated rings. The fourth-order valence-corrected chi connectivity index (χ4v) is 4.14. The molecule has 6 heteroatoms. The van der Waals surface area contributed by atoms with E-state index in [1.165, 1.54) is 6.07 Å². The van der Waals surface area contributed by atoms with Crippen molar-refractivity contribution in [2.75, 3.05) is 12.3 Å². The summed E-state index contributed by atoms with van der Waals surface area (Å²) in [5, 5.41) is 3.92. The van der Waals surface area contributed by atoms with Gasteiger partial charge in [-0.2, -0.15) is 12.6 Å². The summed E-state index contributed by atoms with van der Waals surface area (Å²) in [4.78, 5) is 11.3. The Hall–Kier alpha value is -1.20. The molecule has 1 aromatic heterocycles. The first-order chi connectivity index (χ1) is 12.5. The number of aromatic nitrogens is 1. The van der Waals surface area contributed by atoms with Crippen molar-refractivity contribution < 1.29 is 9.18 Å². The van der Waals surface area contributed by atoms with Gasteiger partial charge in [0, 0.05) is 30.2 Å². The van der Waals surface area contributed by atoms with E-state index in [9.17, 15) is 9.18 Å². The smallest absolute Gasteiger partial charge is 0.229 e. The second-order valence-electron chi connectivity index (χ2n) is 8.85. The van der Waals surface area contributed by atoms with Crippen molar-refractivity contribution in [2.24, 2.45) is 10.8 Å². The zero-order valence-electron chi connectivity index (χ0n) is 16.6. The van der Waals surface area contributed by atoms with Gasteiger partial charge in [-0.1, -0.05) is 39.3 Å². The molecule has 27 heavy (non-hydrogen) atoms. The number of hydrogen-bond donors (Lipinski definition) is 2. The lowest BCUT2D eigenvalue weighted by molar-refractivity contribution is -0.118. The second-order valence-corrected chi connectivity index (χ2v) is 9.57. The number of fused-ring (bicyclic) bond motifs is 1. The quantitative estimate of drug-likeness (QED) is 0.509. The minimum absolute atomic E-state index is 0.0250. The van der Waals surface area contributed by atoms with Gasteiger partial charge in [0.25, 0.3) is 0 Å². The standard InChI is InChI=1S/C21H30ClFN2OS/c1-20(2,6-8-24-19(26)13-27)14-21(3,4)7-10-25-9-5-15-11-17(23)16(22)12-18(15)25/h5,9,11-12,27H,6-8,10,13-14H2,1-4H3,(H,24,26). The Balaban J connectivity index is 1.96. The summed E-state index contributed by atoms with van der Waals surface area (Å²) in [6, 6.07) is 5.12. The zero-order valence-corrected chi connectivity index (χ0v) is 18.3. The maximum atomic E-state index is 13.6. The molecule has 0 radical (unpaired) electrons. The third kappa shape index (κ3) is 6.42. The van der Waals surface area contributed by atoms with Crippen LogP contribution in [0, 0.1) is 16.6 Å². The molecule has 2 aromatic rings. The minimum atomic E-state index is -0.381.